The van der Waals surface area contributed by atoms with Gasteiger partial charge in [0.1, 0.15) is 12.4 Å². The van der Waals surface area contributed by atoms with Crippen LogP contribution in [0.2, 0.25) is 0 Å². The number of hydrogen-bond acceptors (Lipinski definition) is 3. The molecule has 162 valence electrons. The second kappa shape index (κ2) is 11.6. The minimum Gasteiger partial charge on any atom is -0.489 e. The number of guanidine groups is 1. The molecule has 0 bridgehead atoms. The van der Waals surface area contributed by atoms with E-state index in [-0.39, 0.29) is 0 Å². The molecule has 0 spiro atoms. The van der Waals surface area contributed by atoms with Crippen LogP contribution in [0.15, 0.2) is 59.6 Å². The van der Waals surface area contributed by atoms with Gasteiger partial charge in [0.2, 0.25) is 0 Å². The van der Waals surface area contributed by atoms with Crippen molar-refractivity contribution in [2.24, 2.45) is 4.99 Å². The highest BCUT2D eigenvalue weighted by molar-refractivity contribution is 5.80. The number of benzene rings is 2. The highest BCUT2D eigenvalue weighted by Crippen LogP contribution is 2.16. The average Bonchev–Trinajstić information content (AvgIpc) is 2.77. The number of nitrogens with one attached hydrogen (secondary N) is 2. The SMILES string of the molecule is CCNC(=NCc1cccc(OCc2ccccc2)c1)NC1CCN(C(C)C)CC1. The van der Waals surface area contributed by atoms with E-state index in [9.17, 15) is 0 Å². The summed E-state index contributed by atoms with van der Waals surface area (Å²) in [5, 5.41) is 7.02. The molecule has 0 atom stereocenters. The van der Waals surface area contributed by atoms with E-state index < -0.39 is 0 Å². The van der Waals surface area contributed by atoms with E-state index in [1.165, 1.54) is 5.56 Å². The van der Waals surface area contributed by atoms with Crippen LogP contribution in [0.3, 0.4) is 0 Å². The Morgan fingerprint density at radius 3 is 2.50 bits per heavy atom. The Bertz CT molecular complexity index is 783. The van der Waals surface area contributed by atoms with Gasteiger partial charge in [-0.25, -0.2) is 4.99 Å². The molecule has 2 N–H and O–H groups in total. The summed E-state index contributed by atoms with van der Waals surface area (Å²) < 4.78 is 5.95. The molecule has 2 aromatic rings. The molecule has 1 fully saturated rings. The van der Waals surface area contributed by atoms with Gasteiger partial charge in [0.15, 0.2) is 5.96 Å². The minimum absolute atomic E-state index is 0.485. The maximum absolute atomic E-state index is 5.95. The Hall–Kier alpha value is -2.53. The van der Waals surface area contributed by atoms with Gasteiger partial charge in [-0.2, -0.15) is 0 Å². The summed E-state index contributed by atoms with van der Waals surface area (Å²) in [4.78, 5) is 7.36. The lowest BCUT2D eigenvalue weighted by atomic mass is 10.0. The van der Waals surface area contributed by atoms with Gasteiger partial charge >= 0.3 is 0 Å². The smallest absolute Gasteiger partial charge is 0.191 e. The van der Waals surface area contributed by atoms with Crippen molar-refractivity contribution >= 4 is 5.96 Å². The van der Waals surface area contributed by atoms with Crippen LogP contribution in [0, 0.1) is 0 Å². The second-order valence-electron chi connectivity index (χ2n) is 8.17. The highest BCUT2D eigenvalue weighted by atomic mass is 16.5. The molecule has 0 saturated carbocycles. The fraction of sp³-hybridized carbons (Fsp3) is 0.480. The molecule has 0 aromatic heterocycles. The first kappa shape index (κ1) is 22.2. The predicted octanol–water partition coefficient (Wildman–Crippen LogP) is 4.19. The molecule has 0 radical (unpaired) electrons. The van der Waals surface area contributed by atoms with E-state index in [1.807, 2.05) is 30.3 Å². The van der Waals surface area contributed by atoms with Crippen LogP contribution in [-0.2, 0) is 13.2 Å². The van der Waals surface area contributed by atoms with Crippen LogP contribution < -0.4 is 15.4 Å². The monoisotopic (exact) mass is 408 g/mol. The van der Waals surface area contributed by atoms with Gasteiger partial charge in [0.25, 0.3) is 0 Å². The number of nitrogens with zero attached hydrogens (tertiary/aromatic N) is 2. The number of ether oxygens (including phenoxy) is 1. The maximum Gasteiger partial charge on any atom is 0.191 e. The molecule has 5 nitrogen and oxygen atoms in total. The van der Waals surface area contributed by atoms with Crippen LogP contribution in [-0.4, -0.2) is 42.6 Å². The third-order valence-corrected chi connectivity index (χ3v) is 5.51. The van der Waals surface area contributed by atoms with Gasteiger partial charge in [0, 0.05) is 31.7 Å². The van der Waals surface area contributed by atoms with Crippen LogP contribution in [0.4, 0.5) is 0 Å². The van der Waals surface area contributed by atoms with E-state index in [1.54, 1.807) is 0 Å². The fourth-order valence-electron chi connectivity index (χ4n) is 3.72. The zero-order valence-electron chi connectivity index (χ0n) is 18.6. The predicted molar refractivity (Wildman–Crippen MR) is 125 cm³/mol. The summed E-state index contributed by atoms with van der Waals surface area (Å²) in [5.41, 5.74) is 2.32. The molecular formula is C25H36N4O. The molecule has 1 saturated heterocycles. The second-order valence-corrected chi connectivity index (χ2v) is 8.17. The van der Waals surface area contributed by atoms with Crippen molar-refractivity contribution in [3.8, 4) is 5.75 Å². The molecule has 2 aromatic carbocycles. The Morgan fingerprint density at radius 1 is 1.07 bits per heavy atom. The first-order valence-corrected chi connectivity index (χ1v) is 11.2. The molecule has 0 unspecified atom stereocenters. The van der Waals surface area contributed by atoms with Crippen molar-refractivity contribution in [1.82, 2.24) is 15.5 Å². The number of aliphatic imine (C=N–C) groups is 1. The van der Waals surface area contributed by atoms with Crippen LogP contribution in [0.5, 0.6) is 5.75 Å². The van der Waals surface area contributed by atoms with Crippen molar-refractivity contribution in [3.63, 3.8) is 0 Å². The van der Waals surface area contributed by atoms with Crippen LogP contribution >= 0.6 is 0 Å². The summed E-state index contributed by atoms with van der Waals surface area (Å²) in [7, 11) is 0. The van der Waals surface area contributed by atoms with Gasteiger partial charge in [-0.15, -0.1) is 0 Å². The zero-order chi connectivity index (χ0) is 21.2. The van der Waals surface area contributed by atoms with E-state index in [4.69, 9.17) is 9.73 Å². The van der Waals surface area contributed by atoms with Crippen molar-refractivity contribution in [3.05, 3.63) is 65.7 Å². The normalized spacial score (nSPS) is 15.9. The lowest BCUT2D eigenvalue weighted by Crippen LogP contribution is -2.49. The molecular weight excluding hydrogens is 372 g/mol. The third kappa shape index (κ3) is 7.06. The molecule has 1 heterocycles. The lowest BCUT2D eigenvalue weighted by Gasteiger charge is -2.35. The van der Waals surface area contributed by atoms with Crippen LogP contribution in [0.25, 0.3) is 0 Å². The van der Waals surface area contributed by atoms with E-state index >= 15 is 0 Å². The van der Waals surface area contributed by atoms with Gasteiger partial charge in [-0.1, -0.05) is 42.5 Å². The van der Waals surface area contributed by atoms with Gasteiger partial charge in [-0.3, -0.25) is 0 Å². The zero-order valence-corrected chi connectivity index (χ0v) is 18.6. The molecule has 3 rings (SSSR count). The topological polar surface area (TPSA) is 48.9 Å². The maximum atomic E-state index is 5.95. The fourth-order valence-corrected chi connectivity index (χ4v) is 3.72. The van der Waals surface area contributed by atoms with Crippen molar-refractivity contribution in [1.29, 1.82) is 0 Å². The lowest BCUT2D eigenvalue weighted by molar-refractivity contribution is 0.167. The summed E-state index contributed by atoms with van der Waals surface area (Å²) in [6.07, 6.45) is 2.32. The van der Waals surface area contributed by atoms with Gasteiger partial charge < -0.3 is 20.3 Å². The quantitative estimate of drug-likeness (QED) is 0.508. The van der Waals surface area contributed by atoms with Crippen LogP contribution in [0.1, 0.15) is 44.7 Å². The van der Waals surface area contributed by atoms with Gasteiger partial charge in [-0.05, 0) is 56.9 Å². The Balaban J connectivity index is 1.54. The Kier molecular flexibility index (Phi) is 8.57. The molecule has 0 amide bonds. The molecule has 5 heteroatoms. The number of rotatable bonds is 8. The number of piperidine rings is 1. The average molecular weight is 409 g/mol. The molecule has 30 heavy (non-hydrogen) atoms. The first-order chi connectivity index (χ1) is 14.6. The first-order valence-electron chi connectivity index (χ1n) is 11.2. The largest absolute Gasteiger partial charge is 0.489 e. The van der Waals surface area contributed by atoms with Crippen molar-refractivity contribution in [2.75, 3.05) is 19.6 Å². The minimum atomic E-state index is 0.485. The summed E-state index contributed by atoms with van der Waals surface area (Å²) >= 11 is 0. The summed E-state index contributed by atoms with van der Waals surface area (Å²) in [6, 6.07) is 19.6. The Morgan fingerprint density at radius 2 is 1.80 bits per heavy atom. The molecule has 1 aliphatic heterocycles. The van der Waals surface area contributed by atoms with E-state index in [0.717, 1.165) is 49.7 Å². The van der Waals surface area contributed by atoms with Crippen molar-refractivity contribution in [2.45, 2.75) is 58.8 Å². The summed E-state index contributed by atoms with van der Waals surface area (Å²) in [5.74, 6) is 1.78. The molecule has 0 aliphatic carbocycles. The number of likely N-dealkylation sites (tertiary alicyclic amines) is 1. The highest BCUT2D eigenvalue weighted by Gasteiger charge is 2.21. The molecule has 1 aliphatic rings. The Labute approximate surface area is 181 Å². The third-order valence-electron chi connectivity index (χ3n) is 5.51. The van der Waals surface area contributed by atoms with Gasteiger partial charge in [0.05, 0.1) is 6.54 Å². The number of hydrogen-bond donors (Lipinski definition) is 2. The standard InChI is InChI=1S/C25H36N4O/c1-4-26-25(28-23-13-15-29(16-14-23)20(2)3)27-18-22-11-8-12-24(17-22)30-19-21-9-6-5-7-10-21/h5-12,17,20,23H,4,13-16,18-19H2,1-3H3,(H2,26,27,28). The summed E-state index contributed by atoms with van der Waals surface area (Å²) in [6.45, 7) is 11.0. The van der Waals surface area contributed by atoms with E-state index in [0.29, 0.717) is 25.2 Å². The van der Waals surface area contributed by atoms with E-state index in [2.05, 4.69) is 60.6 Å². The van der Waals surface area contributed by atoms with Crippen molar-refractivity contribution < 1.29 is 4.74 Å².